The van der Waals surface area contributed by atoms with Gasteiger partial charge in [0.1, 0.15) is 5.56 Å². The number of aromatic nitrogens is 1. The second-order valence-corrected chi connectivity index (χ2v) is 6.81. The van der Waals surface area contributed by atoms with Crippen LogP contribution in [0.4, 0.5) is 5.69 Å². The Morgan fingerprint density at radius 1 is 1.27 bits per heavy atom. The number of carbonyl (C=O) groups excluding carboxylic acids is 1. The number of benzene rings is 1. The predicted octanol–water partition coefficient (Wildman–Crippen LogP) is 0.923. The molecule has 5 heteroatoms. The van der Waals surface area contributed by atoms with Gasteiger partial charge in [0.15, 0.2) is 6.29 Å². The van der Waals surface area contributed by atoms with Crippen molar-refractivity contribution in [3.63, 3.8) is 0 Å². The van der Waals surface area contributed by atoms with Crippen LogP contribution in [0.15, 0.2) is 29.1 Å². The molecule has 0 unspecified atom stereocenters. The summed E-state index contributed by atoms with van der Waals surface area (Å²) in [6, 6.07) is 7.51. The average Bonchev–Trinajstić information content (AvgIpc) is 2.43. The van der Waals surface area contributed by atoms with Crippen molar-refractivity contribution >= 4 is 22.9 Å². The van der Waals surface area contributed by atoms with Crippen LogP contribution in [0, 0.1) is 5.41 Å². The Morgan fingerprint density at radius 3 is 2.59 bits per heavy atom. The van der Waals surface area contributed by atoms with Crippen molar-refractivity contribution in [1.29, 1.82) is 0 Å². The van der Waals surface area contributed by atoms with Crippen LogP contribution in [0.25, 0.3) is 10.9 Å². The van der Waals surface area contributed by atoms with Crippen molar-refractivity contribution in [2.24, 2.45) is 5.41 Å². The van der Waals surface area contributed by atoms with Gasteiger partial charge in [0, 0.05) is 17.3 Å². The highest BCUT2D eigenvalue weighted by atomic mass is 16.1. The molecule has 1 aromatic carbocycles. The third-order valence-corrected chi connectivity index (χ3v) is 3.65. The van der Waals surface area contributed by atoms with Crippen molar-refractivity contribution in [2.45, 2.75) is 13.8 Å². The molecule has 22 heavy (non-hydrogen) atoms. The van der Waals surface area contributed by atoms with E-state index < -0.39 is 0 Å². The van der Waals surface area contributed by atoms with Gasteiger partial charge in [-0.25, -0.2) is 0 Å². The monoisotopic (exact) mass is 302 g/mol. The number of carbonyl (C=O) groups is 1. The third-order valence-electron chi connectivity index (χ3n) is 3.65. The largest absolute Gasteiger partial charge is 0.383 e. The van der Waals surface area contributed by atoms with Gasteiger partial charge in [-0.2, -0.15) is 0 Å². The standard InChI is InChI=1S/C17H23N3O2/c1-17(2,11-20(3)4)10-18-15-12-7-5-6-8-14(12)19-16(22)13(15)9-21/h5-9H,10-11H2,1-4H3,(H2,18,19,22)/p+1. The Bertz CT molecular complexity index is 732. The molecule has 0 amide bonds. The van der Waals surface area contributed by atoms with Crippen LogP contribution in [0.2, 0.25) is 0 Å². The molecule has 0 bridgehead atoms. The quantitative estimate of drug-likeness (QED) is 0.695. The smallest absolute Gasteiger partial charge is 0.261 e. The van der Waals surface area contributed by atoms with E-state index in [9.17, 15) is 9.59 Å². The first kappa shape index (κ1) is 16.2. The van der Waals surface area contributed by atoms with Crippen LogP contribution < -0.4 is 15.8 Å². The highest BCUT2D eigenvalue weighted by Crippen LogP contribution is 2.24. The van der Waals surface area contributed by atoms with Gasteiger partial charge in [-0.1, -0.05) is 32.0 Å². The van der Waals surface area contributed by atoms with E-state index in [4.69, 9.17) is 0 Å². The number of rotatable bonds is 6. The van der Waals surface area contributed by atoms with Crippen LogP contribution in [-0.4, -0.2) is 38.5 Å². The number of para-hydroxylation sites is 1. The van der Waals surface area contributed by atoms with Gasteiger partial charge in [0.25, 0.3) is 5.56 Å². The molecular formula is C17H24N3O2+. The number of quaternary nitrogens is 1. The van der Waals surface area contributed by atoms with Gasteiger partial charge in [-0.15, -0.1) is 0 Å². The summed E-state index contributed by atoms with van der Waals surface area (Å²) in [5.41, 5.74) is 1.20. The fraction of sp³-hybridized carbons (Fsp3) is 0.412. The van der Waals surface area contributed by atoms with Crippen molar-refractivity contribution in [2.75, 3.05) is 32.5 Å². The van der Waals surface area contributed by atoms with Gasteiger partial charge >= 0.3 is 0 Å². The van der Waals surface area contributed by atoms with Crippen LogP contribution >= 0.6 is 0 Å². The third kappa shape index (κ3) is 3.54. The number of hydrogen-bond donors (Lipinski definition) is 3. The summed E-state index contributed by atoms with van der Waals surface area (Å²) in [6.45, 7) is 6.01. The van der Waals surface area contributed by atoms with Gasteiger partial charge in [-0.3, -0.25) is 9.59 Å². The summed E-state index contributed by atoms with van der Waals surface area (Å²) in [4.78, 5) is 27.5. The SMILES string of the molecule is C[NH+](C)CC(C)(C)CNc1c(C=O)c(=O)[nH]c2ccccc12. The van der Waals surface area contributed by atoms with Crippen molar-refractivity contribution < 1.29 is 9.69 Å². The normalized spacial score (nSPS) is 11.9. The van der Waals surface area contributed by atoms with Crippen LogP contribution in [0.5, 0.6) is 0 Å². The fourth-order valence-electron chi connectivity index (χ4n) is 2.91. The minimum Gasteiger partial charge on any atom is -0.383 e. The van der Waals surface area contributed by atoms with E-state index in [-0.39, 0.29) is 16.5 Å². The number of aldehydes is 1. The number of H-pyrrole nitrogens is 1. The molecule has 1 aromatic heterocycles. The highest BCUT2D eigenvalue weighted by molar-refractivity contribution is 5.99. The lowest BCUT2D eigenvalue weighted by atomic mass is 9.92. The molecule has 0 aliphatic rings. The Labute approximate surface area is 130 Å². The zero-order valence-electron chi connectivity index (χ0n) is 13.6. The molecule has 0 radical (unpaired) electrons. The molecule has 5 nitrogen and oxygen atoms in total. The summed E-state index contributed by atoms with van der Waals surface area (Å²) in [5.74, 6) is 0. The van der Waals surface area contributed by atoms with E-state index in [1.807, 2.05) is 24.3 Å². The van der Waals surface area contributed by atoms with Crippen LogP contribution in [-0.2, 0) is 0 Å². The first-order valence-corrected chi connectivity index (χ1v) is 7.47. The van der Waals surface area contributed by atoms with E-state index in [1.165, 1.54) is 4.90 Å². The van der Waals surface area contributed by atoms with Crippen molar-refractivity contribution in [3.8, 4) is 0 Å². The minimum absolute atomic E-state index is 0.0443. The molecule has 0 aliphatic carbocycles. The molecule has 0 spiro atoms. The lowest BCUT2D eigenvalue weighted by molar-refractivity contribution is -0.865. The lowest BCUT2D eigenvalue weighted by Crippen LogP contribution is -3.07. The number of pyridine rings is 1. The molecule has 1 heterocycles. The number of aromatic amines is 1. The number of fused-ring (bicyclic) bond motifs is 1. The summed E-state index contributed by atoms with van der Waals surface area (Å²) < 4.78 is 0. The van der Waals surface area contributed by atoms with Crippen molar-refractivity contribution in [3.05, 3.63) is 40.2 Å². The average molecular weight is 302 g/mol. The first-order valence-electron chi connectivity index (χ1n) is 7.47. The molecule has 2 aromatic rings. The molecule has 0 atom stereocenters. The summed E-state index contributed by atoms with van der Waals surface area (Å²) in [5, 5.41) is 4.19. The summed E-state index contributed by atoms with van der Waals surface area (Å²) >= 11 is 0. The highest BCUT2D eigenvalue weighted by Gasteiger charge is 2.22. The molecule has 118 valence electrons. The molecule has 2 rings (SSSR count). The first-order chi connectivity index (χ1) is 10.3. The number of hydrogen-bond acceptors (Lipinski definition) is 3. The second-order valence-electron chi connectivity index (χ2n) is 6.81. The fourth-order valence-corrected chi connectivity index (χ4v) is 2.91. The zero-order valence-corrected chi connectivity index (χ0v) is 13.6. The Balaban J connectivity index is 2.41. The Kier molecular flexibility index (Phi) is 4.66. The number of nitrogens with one attached hydrogen (secondary N) is 3. The molecule has 0 saturated heterocycles. The Morgan fingerprint density at radius 2 is 1.95 bits per heavy atom. The molecule has 0 fully saturated rings. The van der Waals surface area contributed by atoms with Gasteiger partial charge in [-0.05, 0) is 6.07 Å². The lowest BCUT2D eigenvalue weighted by Gasteiger charge is -2.27. The van der Waals surface area contributed by atoms with E-state index in [0.29, 0.717) is 18.5 Å². The molecular weight excluding hydrogens is 278 g/mol. The van der Waals surface area contributed by atoms with Crippen LogP contribution in [0.1, 0.15) is 24.2 Å². The van der Waals surface area contributed by atoms with Gasteiger partial charge in [0.05, 0.1) is 31.8 Å². The summed E-state index contributed by atoms with van der Waals surface area (Å²) in [6.07, 6.45) is 0.623. The van der Waals surface area contributed by atoms with Crippen LogP contribution in [0.3, 0.4) is 0 Å². The van der Waals surface area contributed by atoms with E-state index in [1.54, 1.807) is 0 Å². The van der Waals surface area contributed by atoms with E-state index in [2.05, 4.69) is 38.2 Å². The molecule has 0 aliphatic heterocycles. The van der Waals surface area contributed by atoms with E-state index >= 15 is 0 Å². The number of anilines is 1. The second kappa shape index (κ2) is 6.32. The summed E-state index contributed by atoms with van der Waals surface area (Å²) in [7, 11) is 4.22. The van der Waals surface area contributed by atoms with E-state index in [0.717, 1.165) is 17.4 Å². The zero-order chi connectivity index (χ0) is 16.3. The maximum absolute atomic E-state index is 12.1. The minimum atomic E-state index is -0.354. The van der Waals surface area contributed by atoms with Crippen molar-refractivity contribution in [1.82, 2.24) is 4.98 Å². The predicted molar refractivity (Wildman–Crippen MR) is 89.9 cm³/mol. The topological polar surface area (TPSA) is 66.4 Å². The molecule has 3 N–H and O–H groups in total. The Hall–Kier alpha value is -2.14. The van der Waals surface area contributed by atoms with Gasteiger partial charge in [0.2, 0.25) is 0 Å². The van der Waals surface area contributed by atoms with Gasteiger partial charge < -0.3 is 15.2 Å². The molecule has 0 saturated carbocycles. The maximum atomic E-state index is 12.1. The maximum Gasteiger partial charge on any atom is 0.261 e.